The van der Waals surface area contributed by atoms with Crippen molar-refractivity contribution >= 4 is 11.6 Å². The van der Waals surface area contributed by atoms with Gasteiger partial charge in [0.15, 0.2) is 0 Å². The molecule has 5 nitrogen and oxygen atoms in total. The third-order valence-electron chi connectivity index (χ3n) is 2.28. The van der Waals surface area contributed by atoms with E-state index in [2.05, 4.69) is 0 Å². The molecule has 0 saturated carbocycles. The molecule has 1 atom stereocenters. The van der Waals surface area contributed by atoms with Crippen molar-refractivity contribution < 1.29 is 14.5 Å². The number of ketones is 2. The minimum Gasteiger partial charge on any atom is -0.300 e. The fraction of sp³-hybridized carbons (Fsp3) is 0.800. The monoisotopic (exact) mass is 215 g/mol. The molecule has 0 aliphatic carbocycles. The summed E-state index contributed by atoms with van der Waals surface area (Å²) < 4.78 is 0. The smallest absolute Gasteiger partial charge is 0.214 e. The maximum absolute atomic E-state index is 11.0. The molecule has 0 rings (SSSR count). The average molecular weight is 215 g/mol. The van der Waals surface area contributed by atoms with E-state index in [-0.39, 0.29) is 37.2 Å². The van der Waals surface area contributed by atoms with E-state index in [1.54, 1.807) is 6.92 Å². The van der Waals surface area contributed by atoms with Crippen LogP contribution < -0.4 is 0 Å². The molecule has 0 radical (unpaired) electrons. The number of nitrogens with zero attached hydrogens (tertiary/aromatic N) is 1. The summed E-state index contributed by atoms with van der Waals surface area (Å²) in [7, 11) is 0. The first-order valence-electron chi connectivity index (χ1n) is 5.12. The quantitative estimate of drug-likeness (QED) is 0.456. The van der Waals surface area contributed by atoms with E-state index < -0.39 is 11.0 Å². The van der Waals surface area contributed by atoms with Crippen LogP contribution in [-0.2, 0) is 9.59 Å². The first-order chi connectivity index (χ1) is 6.97. The zero-order valence-corrected chi connectivity index (χ0v) is 9.19. The van der Waals surface area contributed by atoms with Crippen LogP contribution in [0.4, 0.5) is 0 Å². The summed E-state index contributed by atoms with van der Waals surface area (Å²) in [5.41, 5.74) is 0. The van der Waals surface area contributed by atoms with Gasteiger partial charge >= 0.3 is 0 Å². The maximum Gasteiger partial charge on any atom is 0.214 e. The van der Waals surface area contributed by atoms with Crippen LogP contribution in [0.15, 0.2) is 0 Å². The molecule has 0 amide bonds. The highest BCUT2D eigenvalue weighted by molar-refractivity contribution is 5.78. The van der Waals surface area contributed by atoms with Gasteiger partial charge in [-0.2, -0.15) is 0 Å². The van der Waals surface area contributed by atoms with Gasteiger partial charge in [-0.1, -0.05) is 6.92 Å². The van der Waals surface area contributed by atoms with E-state index in [1.165, 1.54) is 6.92 Å². The third kappa shape index (κ3) is 6.76. The second kappa shape index (κ2) is 7.09. The lowest BCUT2D eigenvalue weighted by atomic mass is 10.0. The molecule has 86 valence electrons. The topological polar surface area (TPSA) is 77.3 Å². The Bertz CT molecular complexity index is 250. The van der Waals surface area contributed by atoms with E-state index in [0.29, 0.717) is 6.42 Å². The number of hydrogen-bond acceptors (Lipinski definition) is 4. The summed E-state index contributed by atoms with van der Waals surface area (Å²) in [5.74, 6) is -0.0201. The highest BCUT2D eigenvalue weighted by Gasteiger charge is 2.21. The summed E-state index contributed by atoms with van der Waals surface area (Å²) in [5, 5.41) is 10.6. The lowest BCUT2D eigenvalue weighted by Gasteiger charge is -2.07. The van der Waals surface area contributed by atoms with Gasteiger partial charge in [0.2, 0.25) is 6.04 Å². The predicted octanol–water partition coefficient (Wildman–Crippen LogP) is 1.76. The molecule has 0 saturated heterocycles. The van der Waals surface area contributed by atoms with Crippen LogP contribution in [0.3, 0.4) is 0 Å². The van der Waals surface area contributed by atoms with Crippen molar-refractivity contribution in [1.29, 1.82) is 0 Å². The predicted molar refractivity (Wildman–Crippen MR) is 55.2 cm³/mol. The van der Waals surface area contributed by atoms with Crippen LogP contribution in [0.1, 0.15) is 46.0 Å². The van der Waals surface area contributed by atoms with E-state index in [9.17, 15) is 19.7 Å². The Balaban J connectivity index is 3.99. The largest absolute Gasteiger partial charge is 0.300 e. The standard InChI is InChI=1S/C10H17NO4/c1-3-10(13)7-6-9(11(14)15)5-4-8(2)12/h9H,3-7H2,1-2H3. The molecule has 1 unspecified atom stereocenters. The van der Waals surface area contributed by atoms with Gasteiger partial charge in [-0.15, -0.1) is 0 Å². The fourth-order valence-electron chi connectivity index (χ4n) is 1.23. The molecule has 0 heterocycles. The molecule has 0 aliphatic heterocycles. The summed E-state index contributed by atoms with van der Waals surface area (Å²) >= 11 is 0. The van der Waals surface area contributed by atoms with Crippen LogP contribution in [0.25, 0.3) is 0 Å². The van der Waals surface area contributed by atoms with Gasteiger partial charge in [0.25, 0.3) is 0 Å². The van der Waals surface area contributed by atoms with E-state index in [1.807, 2.05) is 0 Å². The number of Topliss-reactive ketones (excluding diaryl/α,β-unsaturated/α-hetero) is 2. The number of carbonyl (C=O) groups excluding carboxylic acids is 2. The first-order valence-corrected chi connectivity index (χ1v) is 5.12. The molecule has 15 heavy (non-hydrogen) atoms. The molecule has 0 aliphatic rings. The van der Waals surface area contributed by atoms with Crippen molar-refractivity contribution in [3.63, 3.8) is 0 Å². The van der Waals surface area contributed by atoms with Crippen molar-refractivity contribution in [1.82, 2.24) is 0 Å². The van der Waals surface area contributed by atoms with Gasteiger partial charge in [-0.25, -0.2) is 0 Å². The SMILES string of the molecule is CCC(=O)CCC(CCC(C)=O)[N+](=O)[O-]. The van der Waals surface area contributed by atoms with Gasteiger partial charge < -0.3 is 4.79 Å². The fourth-order valence-corrected chi connectivity index (χ4v) is 1.23. The zero-order valence-electron chi connectivity index (χ0n) is 9.19. The molecule has 0 aromatic rings. The lowest BCUT2D eigenvalue weighted by molar-refractivity contribution is -0.524. The van der Waals surface area contributed by atoms with Gasteiger partial charge in [0.1, 0.15) is 11.6 Å². The van der Waals surface area contributed by atoms with Crippen LogP contribution in [0.2, 0.25) is 0 Å². The summed E-state index contributed by atoms with van der Waals surface area (Å²) in [6, 6.07) is -0.760. The second-order valence-electron chi connectivity index (χ2n) is 3.61. The van der Waals surface area contributed by atoms with Crippen LogP contribution >= 0.6 is 0 Å². The highest BCUT2D eigenvalue weighted by atomic mass is 16.6. The van der Waals surface area contributed by atoms with Crippen molar-refractivity contribution in [2.45, 2.75) is 52.0 Å². The van der Waals surface area contributed by atoms with Gasteiger partial charge in [-0.05, 0) is 6.92 Å². The molecule has 5 heteroatoms. The molecule has 0 bridgehead atoms. The van der Waals surface area contributed by atoms with E-state index >= 15 is 0 Å². The van der Waals surface area contributed by atoms with Crippen molar-refractivity contribution in [2.75, 3.05) is 0 Å². The zero-order chi connectivity index (χ0) is 11.8. The van der Waals surface area contributed by atoms with Crippen LogP contribution in [0, 0.1) is 10.1 Å². The maximum atomic E-state index is 11.0. The van der Waals surface area contributed by atoms with Crippen LogP contribution in [0.5, 0.6) is 0 Å². The molecule has 0 fully saturated rings. The average Bonchev–Trinajstić information content (AvgIpc) is 2.16. The number of nitro groups is 1. The molecule has 0 aromatic carbocycles. The Morgan fingerprint density at radius 2 is 1.80 bits per heavy atom. The normalized spacial score (nSPS) is 12.1. The molecule has 0 spiro atoms. The Kier molecular flexibility index (Phi) is 6.49. The molecule has 0 aromatic heterocycles. The minimum atomic E-state index is -0.760. The van der Waals surface area contributed by atoms with E-state index in [0.717, 1.165) is 0 Å². The van der Waals surface area contributed by atoms with Crippen molar-refractivity contribution in [2.24, 2.45) is 0 Å². The Morgan fingerprint density at radius 1 is 1.27 bits per heavy atom. The van der Waals surface area contributed by atoms with Crippen molar-refractivity contribution in [3.8, 4) is 0 Å². The van der Waals surface area contributed by atoms with Gasteiger partial charge in [0, 0.05) is 37.0 Å². The summed E-state index contributed by atoms with van der Waals surface area (Å²) in [6.07, 6.45) is 1.34. The van der Waals surface area contributed by atoms with E-state index in [4.69, 9.17) is 0 Å². The van der Waals surface area contributed by atoms with Crippen molar-refractivity contribution in [3.05, 3.63) is 10.1 Å². The highest BCUT2D eigenvalue weighted by Crippen LogP contribution is 2.10. The lowest BCUT2D eigenvalue weighted by Crippen LogP contribution is -2.21. The molecular formula is C10H17NO4. The molecule has 0 N–H and O–H groups in total. The van der Waals surface area contributed by atoms with Crippen LogP contribution in [-0.4, -0.2) is 22.5 Å². The Hall–Kier alpha value is -1.26. The Morgan fingerprint density at radius 3 is 2.20 bits per heavy atom. The number of carbonyl (C=O) groups is 2. The number of hydrogen-bond donors (Lipinski definition) is 0. The van der Waals surface area contributed by atoms with Gasteiger partial charge in [0.05, 0.1) is 0 Å². The second-order valence-corrected chi connectivity index (χ2v) is 3.61. The number of rotatable bonds is 8. The molecular weight excluding hydrogens is 198 g/mol. The van der Waals surface area contributed by atoms with Gasteiger partial charge in [-0.3, -0.25) is 14.9 Å². The third-order valence-corrected chi connectivity index (χ3v) is 2.28. The first kappa shape index (κ1) is 13.7. The summed E-state index contributed by atoms with van der Waals surface area (Å²) in [6.45, 7) is 3.15. The summed E-state index contributed by atoms with van der Waals surface area (Å²) in [4.78, 5) is 31.9. The Labute approximate surface area is 89.0 Å². The minimum absolute atomic E-state index is 0.0321.